The molecule has 0 spiro atoms. The molecule has 0 bridgehead atoms. The molecule has 2 aromatic rings. The van der Waals surface area contributed by atoms with Gasteiger partial charge in [-0.3, -0.25) is 0 Å². The zero-order chi connectivity index (χ0) is 13.9. The van der Waals surface area contributed by atoms with Gasteiger partial charge in [0.2, 0.25) is 0 Å². The van der Waals surface area contributed by atoms with Gasteiger partial charge in [-0.05, 0) is 55.4 Å². The molecule has 1 heterocycles. The second-order valence-corrected chi connectivity index (χ2v) is 6.92. The summed E-state index contributed by atoms with van der Waals surface area (Å²) in [7, 11) is 0. The predicted molar refractivity (Wildman–Crippen MR) is 87.1 cm³/mol. The summed E-state index contributed by atoms with van der Waals surface area (Å²) >= 11 is 1.69. The fourth-order valence-corrected chi connectivity index (χ4v) is 3.63. The van der Waals surface area contributed by atoms with Gasteiger partial charge in [0.15, 0.2) is 0 Å². The predicted octanol–water partition coefficient (Wildman–Crippen LogP) is 5.05. The fourth-order valence-electron chi connectivity index (χ4n) is 2.99. The molecular weight excluding hydrogens is 264 g/mol. The van der Waals surface area contributed by atoms with Crippen LogP contribution in [0.2, 0.25) is 0 Å². The third-order valence-corrected chi connectivity index (χ3v) is 5.36. The Morgan fingerprint density at radius 3 is 2.55 bits per heavy atom. The van der Waals surface area contributed by atoms with E-state index >= 15 is 0 Å². The minimum absolute atomic E-state index is 0.631. The molecular formula is C17H22N2S. The van der Waals surface area contributed by atoms with E-state index in [1.54, 1.807) is 11.3 Å². The topological polar surface area (TPSA) is 24.9 Å². The monoisotopic (exact) mass is 286 g/mol. The highest BCUT2D eigenvalue weighted by Gasteiger charge is 2.24. The highest BCUT2D eigenvalue weighted by atomic mass is 32.1. The first-order chi connectivity index (χ1) is 9.72. The van der Waals surface area contributed by atoms with E-state index in [4.69, 9.17) is 0 Å². The van der Waals surface area contributed by atoms with Crippen molar-refractivity contribution in [2.24, 2.45) is 11.8 Å². The maximum absolute atomic E-state index is 4.35. The number of hydrogen-bond donors (Lipinski definition) is 1. The first kappa shape index (κ1) is 13.6. The Hall–Kier alpha value is -1.35. The summed E-state index contributed by atoms with van der Waals surface area (Å²) < 4.78 is 0. The van der Waals surface area contributed by atoms with Gasteiger partial charge in [-0.2, -0.15) is 0 Å². The van der Waals surface area contributed by atoms with Gasteiger partial charge < -0.3 is 5.32 Å². The Bertz CT molecular complexity index is 533. The normalized spacial score (nSPS) is 26.4. The van der Waals surface area contributed by atoms with Crippen molar-refractivity contribution in [1.82, 2.24) is 4.98 Å². The van der Waals surface area contributed by atoms with Crippen molar-refractivity contribution in [2.45, 2.75) is 39.2 Å². The third kappa shape index (κ3) is 3.04. The van der Waals surface area contributed by atoms with Crippen LogP contribution in [0.1, 0.15) is 33.1 Å². The lowest BCUT2D eigenvalue weighted by Crippen LogP contribution is -2.30. The van der Waals surface area contributed by atoms with Crippen LogP contribution in [0.3, 0.4) is 0 Å². The van der Waals surface area contributed by atoms with Crippen LogP contribution in [0, 0.1) is 11.8 Å². The number of nitrogens with zero attached hydrogens (tertiary/aromatic N) is 1. The number of thiazole rings is 1. The Balaban J connectivity index is 1.64. The standard InChI is InChI=1S/C17H22N2S/c1-12-3-6-16(11-13(12)2)19-15-7-4-14(5-8-15)17-18-9-10-20-17/h4-5,7-10,12-13,16,19H,3,6,11H2,1-2H3. The molecule has 2 nitrogen and oxygen atoms in total. The van der Waals surface area contributed by atoms with Gasteiger partial charge in [-0.15, -0.1) is 11.3 Å². The molecule has 106 valence electrons. The number of nitrogens with one attached hydrogen (secondary N) is 1. The van der Waals surface area contributed by atoms with E-state index in [9.17, 15) is 0 Å². The number of rotatable bonds is 3. The molecule has 1 N–H and O–H groups in total. The Labute approximate surface area is 125 Å². The van der Waals surface area contributed by atoms with E-state index in [2.05, 4.69) is 48.4 Å². The molecule has 1 aromatic carbocycles. The summed E-state index contributed by atoms with van der Waals surface area (Å²) in [6.07, 6.45) is 5.78. The average Bonchev–Trinajstić information content (AvgIpc) is 2.98. The molecule has 0 amide bonds. The molecule has 0 aliphatic heterocycles. The van der Waals surface area contributed by atoms with Crippen LogP contribution in [-0.2, 0) is 0 Å². The van der Waals surface area contributed by atoms with Crippen molar-refractivity contribution in [3.63, 3.8) is 0 Å². The summed E-state index contributed by atoms with van der Waals surface area (Å²) in [5.74, 6) is 1.70. The van der Waals surface area contributed by atoms with Crippen LogP contribution in [-0.4, -0.2) is 11.0 Å². The smallest absolute Gasteiger partial charge is 0.123 e. The second kappa shape index (κ2) is 5.96. The Kier molecular flexibility index (Phi) is 4.06. The van der Waals surface area contributed by atoms with E-state index in [-0.39, 0.29) is 0 Å². The van der Waals surface area contributed by atoms with Crippen molar-refractivity contribution in [3.8, 4) is 10.6 Å². The summed E-state index contributed by atoms with van der Waals surface area (Å²) in [6, 6.07) is 9.32. The van der Waals surface area contributed by atoms with Crippen molar-refractivity contribution >= 4 is 17.0 Å². The van der Waals surface area contributed by atoms with Crippen LogP contribution in [0.25, 0.3) is 10.6 Å². The van der Waals surface area contributed by atoms with Gasteiger partial charge in [0, 0.05) is 28.9 Å². The zero-order valence-corrected chi connectivity index (χ0v) is 13.0. The van der Waals surface area contributed by atoms with Crippen LogP contribution in [0.15, 0.2) is 35.8 Å². The molecule has 3 unspecified atom stereocenters. The summed E-state index contributed by atoms with van der Waals surface area (Å²) in [5, 5.41) is 6.80. The molecule has 1 aliphatic rings. The molecule has 20 heavy (non-hydrogen) atoms. The molecule has 3 rings (SSSR count). The van der Waals surface area contributed by atoms with Crippen molar-refractivity contribution < 1.29 is 0 Å². The maximum Gasteiger partial charge on any atom is 0.123 e. The quantitative estimate of drug-likeness (QED) is 0.854. The van der Waals surface area contributed by atoms with Crippen LogP contribution in [0.5, 0.6) is 0 Å². The second-order valence-electron chi connectivity index (χ2n) is 6.02. The highest BCUT2D eigenvalue weighted by molar-refractivity contribution is 7.13. The number of anilines is 1. The Morgan fingerprint density at radius 2 is 1.90 bits per heavy atom. The summed E-state index contributed by atoms with van der Waals surface area (Å²) in [6.45, 7) is 4.76. The first-order valence-electron chi connectivity index (χ1n) is 7.49. The summed E-state index contributed by atoms with van der Waals surface area (Å²) in [4.78, 5) is 4.35. The molecule has 1 aromatic heterocycles. The molecule has 1 fully saturated rings. The molecule has 0 radical (unpaired) electrons. The average molecular weight is 286 g/mol. The lowest BCUT2D eigenvalue weighted by atomic mass is 9.79. The molecule has 3 heteroatoms. The van der Waals surface area contributed by atoms with Gasteiger partial charge in [0.25, 0.3) is 0 Å². The van der Waals surface area contributed by atoms with E-state index in [0.717, 1.165) is 16.8 Å². The van der Waals surface area contributed by atoms with Gasteiger partial charge in [0.1, 0.15) is 5.01 Å². The van der Waals surface area contributed by atoms with Crippen molar-refractivity contribution in [3.05, 3.63) is 35.8 Å². The minimum Gasteiger partial charge on any atom is -0.382 e. The molecule has 1 aliphatic carbocycles. The third-order valence-electron chi connectivity index (χ3n) is 4.53. The first-order valence-corrected chi connectivity index (χ1v) is 8.37. The van der Waals surface area contributed by atoms with Gasteiger partial charge in [-0.1, -0.05) is 13.8 Å². The van der Waals surface area contributed by atoms with E-state index < -0.39 is 0 Å². The number of aromatic nitrogens is 1. The van der Waals surface area contributed by atoms with Gasteiger partial charge >= 0.3 is 0 Å². The number of hydrogen-bond acceptors (Lipinski definition) is 3. The van der Waals surface area contributed by atoms with E-state index in [0.29, 0.717) is 6.04 Å². The van der Waals surface area contributed by atoms with Crippen molar-refractivity contribution in [1.29, 1.82) is 0 Å². The fraction of sp³-hybridized carbons (Fsp3) is 0.471. The van der Waals surface area contributed by atoms with Crippen LogP contribution >= 0.6 is 11.3 Å². The highest BCUT2D eigenvalue weighted by Crippen LogP contribution is 2.31. The van der Waals surface area contributed by atoms with E-state index in [1.165, 1.54) is 30.5 Å². The lowest BCUT2D eigenvalue weighted by Gasteiger charge is -2.33. The largest absolute Gasteiger partial charge is 0.382 e. The zero-order valence-electron chi connectivity index (χ0n) is 12.2. The molecule has 0 saturated heterocycles. The Morgan fingerprint density at radius 1 is 1.10 bits per heavy atom. The minimum atomic E-state index is 0.631. The van der Waals surface area contributed by atoms with Gasteiger partial charge in [-0.25, -0.2) is 4.98 Å². The summed E-state index contributed by atoms with van der Waals surface area (Å²) in [5.41, 5.74) is 2.44. The van der Waals surface area contributed by atoms with E-state index in [1.807, 2.05) is 11.6 Å². The number of benzene rings is 1. The van der Waals surface area contributed by atoms with Gasteiger partial charge in [0.05, 0.1) is 0 Å². The molecule has 1 saturated carbocycles. The van der Waals surface area contributed by atoms with Crippen LogP contribution < -0.4 is 5.32 Å². The molecule has 3 atom stereocenters. The maximum atomic E-state index is 4.35. The van der Waals surface area contributed by atoms with Crippen molar-refractivity contribution in [2.75, 3.05) is 5.32 Å². The SMILES string of the molecule is CC1CCC(Nc2ccc(-c3nccs3)cc2)CC1C. The lowest BCUT2D eigenvalue weighted by molar-refractivity contribution is 0.261. The van der Waals surface area contributed by atoms with Crippen LogP contribution in [0.4, 0.5) is 5.69 Å².